The van der Waals surface area contributed by atoms with Gasteiger partial charge >= 0.3 is 0 Å². The van der Waals surface area contributed by atoms with E-state index in [4.69, 9.17) is 0 Å². The van der Waals surface area contributed by atoms with Gasteiger partial charge in [-0.1, -0.05) is 66.7 Å². The standard InChI is InChI=1S/C24H23NO/c1-24(17-21-11-5-6-13-22(21)25-24)15-14-18-8-7-12-20(16-18)23(26)19-9-3-2-4-10-19/h2-13,16,25H,14-15,17H2,1H3. The van der Waals surface area contributed by atoms with Gasteiger partial charge < -0.3 is 5.32 Å². The highest BCUT2D eigenvalue weighted by Crippen LogP contribution is 2.34. The summed E-state index contributed by atoms with van der Waals surface area (Å²) in [6.07, 6.45) is 3.03. The lowest BCUT2D eigenvalue weighted by Gasteiger charge is -2.25. The third-order valence-electron chi connectivity index (χ3n) is 5.23. The molecule has 1 atom stereocenters. The number of hydrogen-bond donors (Lipinski definition) is 1. The fourth-order valence-corrected chi connectivity index (χ4v) is 3.78. The molecule has 130 valence electrons. The first-order valence-electron chi connectivity index (χ1n) is 9.18. The molecule has 2 nitrogen and oxygen atoms in total. The largest absolute Gasteiger partial charge is 0.379 e. The van der Waals surface area contributed by atoms with Gasteiger partial charge in [0.25, 0.3) is 0 Å². The average molecular weight is 341 g/mol. The van der Waals surface area contributed by atoms with Crippen molar-refractivity contribution in [3.05, 3.63) is 101 Å². The fraction of sp³-hybridized carbons (Fsp3) is 0.208. The number of hydrogen-bond acceptors (Lipinski definition) is 2. The minimum Gasteiger partial charge on any atom is -0.379 e. The van der Waals surface area contributed by atoms with Gasteiger partial charge in [0.05, 0.1) is 0 Å². The first-order chi connectivity index (χ1) is 12.6. The Morgan fingerprint density at radius 1 is 0.923 bits per heavy atom. The lowest BCUT2D eigenvalue weighted by Crippen LogP contribution is -2.32. The van der Waals surface area contributed by atoms with E-state index in [2.05, 4.69) is 42.6 Å². The van der Waals surface area contributed by atoms with Crippen LogP contribution in [0.25, 0.3) is 0 Å². The van der Waals surface area contributed by atoms with Crippen LogP contribution in [0.15, 0.2) is 78.9 Å². The lowest BCUT2D eigenvalue weighted by molar-refractivity contribution is 0.103. The van der Waals surface area contributed by atoms with Crippen molar-refractivity contribution in [1.29, 1.82) is 0 Å². The second-order valence-electron chi connectivity index (χ2n) is 7.42. The number of para-hydroxylation sites is 1. The van der Waals surface area contributed by atoms with Crippen LogP contribution in [0.4, 0.5) is 5.69 Å². The van der Waals surface area contributed by atoms with E-state index >= 15 is 0 Å². The Hall–Kier alpha value is -2.87. The molecular formula is C24H23NO. The lowest BCUT2D eigenvalue weighted by atomic mass is 9.89. The molecular weight excluding hydrogens is 318 g/mol. The quantitative estimate of drug-likeness (QED) is 0.640. The molecule has 2 heteroatoms. The summed E-state index contributed by atoms with van der Waals surface area (Å²) in [5.74, 6) is 0.0880. The van der Waals surface area contributed by atoms with Crippen molar-refractivity contribution >= 4 is 11.5 Å². The minimum atomic E-state index is 0.0725. The molecule has 0 spiro atoms. The number of rotatable bonds is 5. The summed E-state index contributed by atoms with van der Waals surface area (Å²) in [6, 6.07) is 26.1. The Bertz CT molecular complexity index is 905. The molecule has 0 saturated heterocycles. The third kappa shape index (κ3) is 3.41. The van der Waals surface area contributed by atoms with Gasteiger partial charge in [-0.2, -0.15) is 0 Å². The Morgan fingerprint density at radius 3 is 2.46 bits per heavy atom. The zero-order valence-electron chi connectivity index (χ0n) is 15.0. The van der Waals surface area contributed by atoms with Crippen LogP contribution in [-0.4, -0.2) is 11.3 Å². The van der Waals surface area contributed by atoms with E-state index in [1.54, 1.807) is 0 Å². The maximum atomic E-state index is 12.7. The SMILES string of the molecule is CC1(CCc2cccc(C(=O)c3ccccc3)c2)Cc2ccccc2N1. The molecule has 0 aliphatic carbocycles. The van der Waals surface area contributed by atoms with Gasteiger partial charge in [0.1, 0.15) is 0 Å². The molecule has 0 aromatic heterocycles. The second-order valence-corrected chi connectivity index (χ2v) is 7.42. The van der Waals surface area contributed by atoms with Crippen molar-refractivity contribution in [3.63, 3.8) is 0 Å². The molecule has 1 heterocycles. The van der Waals surface area contributed by atoms with Gasteiger partial charge in [0, 0.05) is 22.4 Å². The van der Waals surface area contributed by atoms with Gasteiger partial charge in [-0.15, -0.1) is 0 Å². The van der Waals surface area contributed by atoms with E-state index in [9.17, 15) is 4.79 Å². The summed E-state index contributed by atoms with van der Waals surface area (Å²) in [6.45, 7) is 2.28. The number of benzene rings is 3. The zero-order valence-corrected chi connectivity index (χ0v) is 15.0. The molecule has 3 aromatic carbocycles. The molecule has 26 heavy (non-hydrogen) atoms. The summed E-state index contributed by atoms with van der Waals surface area (Å²) >= 11 is 0. The summed E-state index contributed by atoms with van der Waals surface area (Å²) in [5, 5.41) is 3.68. The third-order valence-corrected chi connectivity index (χ3v) is 5.23. The van der Waals surface area contributed by atoms with Gasteiger partial charge in [-0.25, -0.2) is 0 Å². The fourth-order valence-electron chi connectivity index (χ4n) is 3.78. The molecule has 0 bridgehead atoms. The normalized spacial score (nSPS) is 18.2. The highest BCUT2D eigenvalue weighted by molar-refractivity contribution is 6.09. The van der Waals surface area contributed by atoms with E-state index in [1.165, 1.54) is 16.8 Å². The molecule has 1 aliphatic heterocycles. The van der Waals surface area contributed by atoms with Gasteiger partial charge in [-0.3, -0.25) is 4.79 Å². The predicted octanol–water partition coefficient (Wildman–Crippen LogP) is 5.28. The highest BCUT2D eigenvalue weighted by atomic mass is 16.1. The monoisotopic (exact) mass is 341 g/mol. The molecule has 0 amide bonds. The molecule has 1 N–H and O–H groups in total. The summed E-state index contributed by atoms with van der Waals surface area (Å²) in [7, 11) is 0. The van der Waals surface area contributed by atoms with Crippen molar-refractivity contribution in [2.75, 3.05) is 5.32 Å². The summed E-state index contributed by atoms with van der Waals surface area (Å²) in [5.41, 5.74) is 5.44. The van der Waals surface area contributed by atoms with E-state index in [1.807, 2.05) is 48.5 Å². The maximum absolute atomic E-state index is 12.7. The topological polar surface area (TPSA) is 29.1 Å². The Balaban J connectivity index is 1.46. The second kappa shape index (κ2) is 6.80. The van der Waals surface area contributed by atoms with E-state index in [0.717, 1.165) is 30.4 Å². The van der Waals surface area contributed by atoms with E-state index in [-0.39, 0.29) is 11.3 Å². The maximum Gasteiger partial charge on any atom is 0.193 e. The van der Waals surface area contributed by atoms with Crippen LogP contribution >= 0.6 is 0 Å². The van der Waals surface area contributed by atoms with Crippen molar-refractivity contribution in [2.24, 2.45) is 0 Å². The molecule has 0 radical (unpaired) electrons. The molecule has 4 rings (SSSR count). The van der Waals surface area contributed by atoms with Crippen molar-refractivity contribution in [2.45, 2.75) is 31.7 Å². The first-order valence-corrected chi connectivity index (χ1v) is 9.18. The van der Waals surface area contributed by atoms with E-state index in [0.29, 0.717) is 0 Å². The Morgan fingerprint density at radius 2 is 1.65 bits per heavy atom. The van der Waals surface area contributed by atoms with Crippen LogP contribution in [0.2, 0.25) is 0 Å². The average Bonchev–Trinajstić information content (AvgIpc) is 3.03. The van der Waals surface area contributed by atoms with Gasteiger partial charge in [-0.05, 0) is 49.4 Å². The number of carbonyl (C=O) groups is 1. The van der Waals surface area contributed by atoms with Crippen LogP contribution in [-0.2, 0) is 12.8 Å². The molecule has 1 aliphatic rings. The predicted molar refractivity (Wildman–Crippen MR) is 107 cm³/mol. The van der Waals surface area contributed by atoms with Crippen LogP contribution in [0.3, 0.4) is 0 Å². The molecule has 3 aromatic rings. The number of ketones is 1. The van der Waals surface area contributed by atoms with Crippen molar-refractivity contribution in [1.82, 2.24) is 0 Å². The zero-order chi connectivity index (χ0) is 18.0. The molecule has 1 unspecified atom stereocenters. The Labute approximate surface area is 154 Å². The van der Waals surface area contributed by atoms with Gasteiger partial charge in [0.2, 0.25) is 0 Å². The number of carbonyl (C=O) groups excluding carboxylic acids is 1. The molecule has 0 fully saturated rings. The Kier molecular flexibility index (Phi) is 4.34. The number of nitrogens with one attached hydrogen (secondary N) is 1. The van der Waals surface area contributed by atoms with Crippen LogP contribution < -0.4 is 5.32 Å². The minimum absolute atomic E-state index is 0.0725. The van der Waals surface area contributed by atoms with Crippen LogP contribution in [0.5, 0.6) is 0 Å². The molecule has 0 saturated carbocycles. The summed E-state index contributed by atoms with van der Waals surface area (Å²) in [4.78, 5) is 12.7. The number of fused-ring (bicyclic) bond motifs is 1. The van der Waals surface area contributed by atoms with Crippen molar-refractivity contribution < 1.29 is 4.79 Å². The van der Waals surface area contributed by atoms with E-state index < -0.39 is 0 Å². The van der Waals surface area contributed by atoms with Crippen LogP contribution in [0, 0.1) is 0 Å². The van der Waals surface area contributed by atoms with Crippen LogP contribution in [0.1, 0.15) is 40.4 Å². The first kappa shape index (κ1) is 16.6. The number of aryl methyl sites for hydroxylation is 1. The summed E-state index contributed by atoms with van der Waals surface area (Å²) < 4.78 is 0. The van der Waals surface area contributed by atoms with Crippen molar-refractivity contribution in [3.8, 4) is 0 Å². The smallest absolute Gasteiger partial charge is 0.193 e. The number of anilines is 1. The highest BCUT2D eigenvalue weighted by Gasteiger charge is 2.31. The van der Waals surface area contributed by atoms with Gasteiger partial charge in [0.15, 0.2) is 5.78 Å².